The van der Waals surface area contributed by atoms with Gasteiger partial charge in [-0.15, -0.1) is 0 Å². The molecule has 182 valence electrons. The lowest BCUT2D eigenvalue weighted by molar-refractivity contribution is 0.380. The van der Waals surface area contributed by atoms with E-state index in [1.165, 1.54) is 35.4 Å². The summed E-state index contributed by atoms with van der Waals surface area (Å²) in [6.45, 7) is 10.6. The highest BCUT2D eigenvalue weighted by Crippen LogP contribution is 2.30. The number of nitrogens with zero attached hydrogens (tertiary/aromatic N) is 4. The molecule has 1 aromatic heterocycles. The standard InChI is InChI=1S/C28H34N6S/c1-21-13-17-33(18-14-21)25-11-9-23(10-12-25)31-28-29-20-22(2)27(32-28)30-24-7-6-8-26(19-24)35-34-15-4-3-5-16-34/h6-12,19-20H,1,3-5,13-18H2,2H3,(H2,29,30,31,32). The smallest absolute Gasteiger partial charge is 0.229 e. The maximum Gasteiger partial charge on any atom is 0.229 e. The molecular weight excluding hydrogens is 452 g/mol. The Labute approximate surface area is 213 Å². The molecule has 0 amide bonds. The lowest BCUT2D eigenvalue weighted by Gasteiger charge is -2.30. The molecule has 5 rings (SSSR count). The Hall–Kier alpha value is -3.03. The maximum atomic E-state index is 4.76. The third-order valence-corrected chi connectivity index (χ3v) is 7.67. The second-order valence-corrected chi connectivity index (χ2v) is 10.5. The molecule has 2 fully saturated rings. The molecule has 2 aliphatic rings. The minimum atomic E-state index is 0.582. The molecule has 0 bridgehead atoms. The molecule has 0 spiro atoms. The van der Waals surface area contributed by atoms with Crippen molar-refractivity contribution in [2.45, 2.75) is 43.9 Å². The van der Waals surface area contributed by atoms with Crippen LogP contribution >= 0.6 is 11.9 Å². The van der Waals surface area contributed by atoms with Crippen molar-refractivity contribution in [2.24, 2.45) is 0 Å². The molecule has 0 atom stereocenters. The molecule has 3 heterocycles. The number of rotatable bonds is 7. The summed E-state index contributed by atoms with van der Waals surface area (Å²) in [6.07, 6.45) is 7.94. The molecule has 2 saturated heterocycles. The van der Waals surface area contributed by atoms with Gasteiger partial charge in [-0.1, -0.05) is 24.6 Å². The first-order valence-corrected chi connectivity index (χ1v) is 13.3. The number of benzene rings is 2. The highest BCUT2D eigenvalue weighted by atomic mass is 32.2. The first-order chi connectivity index (χ1) is 17.1. The largest absolute Gasteiger partial charge is 0.371 e. The molecule has 2 N–H and O–H groups in total. The van der Waals surface area contributed by atoms with Crippen molar-refractivity contribution in [2.75, 3.05) is 41.7 Å². The molecule has 0 radical (unpaired) electrons. The summed E-state index contributed by atoms with van der Waals surface area (Å²) in [5.74, 6) is 1.40. The second kappa shape index (κ2) is 11.1. The van der Waals surface area contributed by atoms with Gasteiger partial charge in [0.15, 0.2) is 0 Å². The Bertz CT molecular complexity index is 1150. The molecule has 0 aliphatic carbocycles. The van der Waals surface area contributed by atoms with Gasteiger partial charge in [-0.2, -0.15) is 4.98 Å². The van der Waals surface area contributed by atoms with Crippen LogP contribution in [0.2, 0.25) is 0 Å². The predicted octanol–water partition coefficient (Wildman–Crippen LogP) is 6.92. The van der Waals surface area contributed by atoms with Gasteiger partial charge in [-0.25, -0.2) is 9.29 Å². The predicted molar refractivity (Wildman–Crippen MR) is 148 cm³/mol. The summed E-state index contributed by atoms with van der Waals surface area (Å²) in [4.78, 5) is 12.9. The zero-order chi connectivity index (χ0) is 24.0. The van der Waals surface area contributed by atoms with Gasteiger partial charge in [-0.3, -0.25) is 0 Å². The molecule has 7 heteroatoms. The van der Waals surface area contributed by atoms with Crippen molar-refractivity contribution in [1.82, 2.24) is 14.3 Å². The van der Waals surface area contributed by atoms with Crippen LogP contribution in [-0.2, 0) is 0 Å². The number of aryl methyl sites for hydroxylation is 1. The first-order valence-electron chi connectivity index (χ1n) is 12.5. The first kappa shape index (κ1) is 23.7. The van der Waals surface area contributed by atoms with E-state index in [2.05, 4.69) is 79.9 Å². The molecular formula is C28H34N6S. The zero-order valence-electron chi connectivity index (χ0n) is 20.5. The van der Waals surface area contributed by atoms with E-state index in [9.17, 15) is 0 Å². The highest BCUT2D eigenvalue weighted by Gasteiger charge is 2.14. The highest BCUT2D eigenvalue weighted by molar-refractivity contribution is 7.97. The molecule has 0 saturated carbocycles. The Kier molecular flexibility index (Phi) is 7.54. The number of hydrogen-bond donors (Lipinski definition) is 2. The number of aromatic nitrogens is 2. The van der Waals surface area contributed by atoms with Crippen molar-refractivity contribution in [3.8, 4) is 0 Å². The normalized spacial score (nSPS) is 16.8. The van der Waals surface area contributed by atoms with Crippen LogP contribution in [0.1, 0.15) is 37.7 Å². The maximum absolute atomic E-state index is 4.76. The van der Waals surface area contributed by atoms with Gasteiger partial charge in [0.25, 0.3) is 0 Å². The zero-order valence-corrected chi connectivity index (χ0v) is 21.3. The topological polar surface area (TPSA) is 56.3 Å². The Morgan fingerprint density at radius 2 is 1.66 bits per heavy atom. The summed E-state index contributed by atoms with van der Waals surface area (Å²) >= 11 is 1.85. The van der Waals surface area contributed by atoms with Crippen LogP contribution in [0, 0.1) is 6.92 Å². The van der Waals surface area contributed by atoms with E-state index in [4.69, 9.17) is 4.98 Å². The third kappa shape index (κ3) is 6.35. The van der Waals surface area contributed by atoms with Crippen molar-refractivity contribution in [3.63, 3.8) is 0 Å². The van der Waals surface area contributed by atoms with Gasteiger partial charge >= 0.3 is 0 Å². The van der Waals surface area contributed by atoms with E-state index in [-0.39, 0.29) is 0 Å². The van der Waals surface area contributed by atoms with Crippen LogP contribution in [-0.4, -0.2) is 40.5 Å². The van der Waals surface area contributed by atoms with E-state index in [1.807, 2.05) is 25.1 Å². The van der Waals surface area contributed by atoms with Gasteiger partial charge in [-0.05, 0) is 87.0 Å². The number of anilines is 5. The van der Waals surface area contributed by atoms with Crippen molar-refractivity contribution in [3.05, 3.63) is 72.4 Å². The van der Waals surface area contributed by atoms with E-state index in [0.29, 0.717) is 5.95 Å². The molecule has 0 unspecified atom stereocenters. The molecule has 6 nitrogen and oxygen atoms in total. The lowest BCUT2D eigenvalue weighted by atomic mass is 10.1. The van der Waals surface area contributed by atoms with Crippen molar-refractivity contribution >= 4 is 40.8 Å². The Balaban J connectivity index is 1.23. The fourth-order valence-corrected chi connectivity index (χ4v) is 5.53. The number of hydrogen-bond acceptors (Lipinski definition) is 7. The SMILES string of the molecule is C=C1CCN(c2ccc(Nc3ncc(C)c(Nc4cccc(SN5CCCCC5)c4)n3)cc2)CC1. The third-order valence-electron chi connectivity index (χ3n) is 6.58. The fraction of sp³-hybridized carbons (Fsp3) is 0.357. The van der Waals surface area contributed by atoms with Crippen molar-refractivity contribution < 1.29 is 0 Å². The van der Waals surface area contributed by atoms with Gasteiger partial charge < -0.3 is 15.5 Å². The summed E-state index contributed by atoms with van der Waals surface area (Å²) < 4.78 is 2.47. The van der Waals surface area contributed by atoms with Crippen molar-refractivity contribution in [1.29, 1.82) is 0 Å². The minimum Gasteiger partial charge on any atom is -0.371 e. The van der Waals surface area contributed by atoms with E-state index >= 15 is 0 Å². The monoisotopic (exact) mass is 486 g/mol. The lowest BCUT2D eigenvalue weighted by Crippen LogP contribution is -2.30. The van der Waals surface area contributed by atoms with Crippen LogP contribution in [0.25, 0.3) is 0 Å². The van der Waals surface area contributed by atoms with Gasteiger partial charge in [0.1, 0.15) is 5.82 Å². The minimum absolute atomic E-state index is 0.582. The summed E-state index contributed by atoms with van der Waals surface area (Å²) in [5, 5.41) is 6.85. The quantitative estimate of drug-likeness (QED) is 0.278. The molecule has 2 aromatic carbocycles. The molecule has 2 aliphatic heterocycles. The molecule has 35 heavy (non-hydrogen) atoms. The van der Waals surface area contributed by atoms with Gasteiger partial charge in [0, 0.05) is 59.9 Å². The average molecular weight is 487 g/mol. The van der Waals surface area contributed by atoms with Gasteiger partial charge in [0.05, 0.1) is 0 Å². The van der Waals surface area contributed by atoms with E-state index in [0.717, 1.165) is 61.8 Å². The number of piperidine rings is 2. The van der Waals surface area contributed by atoms with E-state index in [1.54, 1.807) is 0 Å². The van der Waals surface area contributed by atoms with Crippen LogP contribution < -0.4 is 15.5 Å². The van der Waals surface area contributed by atoms with E-state index < -0.39 is 0 Å². The van der Waals surface area contributed by atoms with Crippen LogP contribution in [0.3, 0.4) is 0 Å². The summed E-state index contributed by atoms with van der Waals surface area (Å²) in [7, 11) is 0. The summed E-state index contributed by atoms with van der Waals surface area (Å²) in [5.41, 5.74) is 5.62. The van der Waals surface area contributed by atoms with Crippen LogP contribution in [0.4, 0.5) is 28.8 Å². The number of nitrogens with one attached hydrogen (secondary N) is 2. The molecule has 3 aromatic rings. The average Bonchev–Trinajstić information content (AvgIpc) is 2.88. The second-order valence-electron chi connectivity index (χ2n) is 9.37. The fourth-order valence-electron chi connectivity index (χ4n) is 4.47. The van der Waals surface area contributed by atoms with Crippen LogP contribution in [0.15, 0.2) is 71.8 Å². The Morgan fingerprint density at radius 3 is 2.43 bits per heavy atom. The van der Waals surface area contributed by atoms with Crippen LogP contribution in [0.5, 0.6) is 0 Å². The van der Waals surface area contributed by atoms with Gasteiger partial charge in [0.2, 0.25) is 5.95 Å². The summed E-state index contributed by atoms with van der Waals surface area (Å²) in [6, 6.07) is 17.1. The Morgan fingerprint density at radius 1 is 0.886 bits per heavy atom.